The van der Waals surface area contributed by atoms with E-state index in [4.69, 9.17) is 11.6 Å². The average molecular weight is 397 g/mol. The van der Waals surface area contributed by atoms with Gasteiger partial charge < -0.3 is 10.6 Å². The quantitative estimate of drug-likeness (QED) is 0.558. The largest absolute Gasteiger partial charge is 0.385 e. The van der Waals surface area contributed by atoms with Crippen LogP contribution in [-0.2, 0) is 11.2 Å². The molecular formula is C22H25ClN4O. The molecule has 0 atom stereocenters. The van der Waals surface area contributed by atoms with Gasteiger partial charge in [0.15, 0.2) is 0 Å². The van der Waals surface area contributed by atoms with E-state index in [-0.39, 0.29) is 5.91 Å². The second-order valence-corrected chi connectivity index (χ2v) is 7.15. The molecule has 0 aliphatic carbocycles. The zero-order chi connectivity index (χ0) is 19.9. The molecule has 0 saturated carbocycles. The molecule has 1 heterocycles. The van der Waals surface area contributed by atoms with Gasteiger partial charge in [0.1, 0.15) is 0 Å². The van der Waals surface area contributed by atoms with Crippen LogP contribution in [0.3, 0.4) is 0 Å². The van der Waals surface area contributed by atoms with E-state index in [9.17, 15) is 4.79 Å². The standard InChI is InChI=1S/C22H25ClN4O/c1-16-21(17(2)27(26-16)20-11-9-18(23)10-12-20)15-22(28)25-14-6-13-24-19-7-4-3-5-8-19/h3-5,7-12,24H,6,13-15H2,1-2H3,(H,25,28). The first-order chi connectivity index (χ1) is 13.5. The van der Waals surface area contributed by atoms with Gasteiger partial charge in [-0.1, -0.05) is 29.8 Å². The molecule has 0 bridgehead atoms. The van der Waals surface area contributed by atoms with Gasteiger partial charge in [0.05, 0.1) is 17.8 Å². The van der Waals surface area contributed by atoms with Crippen molar-refractivity contribution in [1.82, 2.24) is 15.1 Å². The second kappa shape index (κ2) is 9.42. The van der Waals surface area contributed by atoms with Gasteiger partial charge in [-0.15, -0.1) is 0 Å². The molecule has 28 heavy (non-hydrogen) atoms. The van der Waals surface area contributed by atoms with Crippen LogP contribution in [-0.4, -0.2) is 28.8 Å². The van der Waals surface area contributed by atoms with Gasteiger partial charge in [0.25, 0.3) is 0 Å². The summed E-state index contributed by atoms with van der Waals surface area (Å²) in [5.74, 6) is 0.0153. The van der Waals surface area contributed by atoms with Crippen LogP contribution in [0, 0.1) is 13.8 Å². The van der Waals surface area contributed by atoms with Crippen molar-refractivity contribution in [3.63, 3.8) is 0 Å². The molecule has 0 radical (unpaired) electrons. The lowest BCUT2D eigenvalue weighted by atomic mass is 10.1. The van der Waals surface area contributed by atoms with E-state index in [0.29, 0.717) is 18.0 Å². The summed E-state index contributed by atoms with van der Waals surface area (Å²) in [7, 11) is 0. The molecule has 0 fully saturated rings. The van der Waals surface area contributed by atoms with E-state index in [1.807, 2.05) is 73.1 Å². The third-order valence-electron chi connectivity index (χ3n) is 4.63. The van der Waals surface area contributed by atoms with Gasteiger partial charge in [-0.25, -0.2) is 4.68 Å². The second-order valence-electron chi connectivity index (χ2n) is 6.71. The molecule has 0 unspecified atom stereocenters. The molecule has 0 aliphatic rings. The van der Waals surface area contributed by atoms with Crippen LogP contribution in [0.15, 0.2) is 54.6 Å². The Morgan fingerprint density at radius 2 is 1.75 bits per heavy atom. The number of benzene rings is 2. The highest BCUT2D eigenvalue weighted by molar-refractivity contribution is 6.30. The lowest BCUT2D eigenvalue weighted by Gasteiger charge is -2.08. The van der Waals surface area contributed by atoms with E-state index in [1.165, 1.54) is 0 Å². The van der Waals surface area contributed by atoms with Crippen molar-refractivity contribution in [2.75, 3.05) is 18.4 Å². The summed E-state index contributed by atoms with van der Waals surface area (Å²) in [5, 5.41) is 11.6. The Labute approximate surface area is 170 Å². The number of anilines is 1. The van der Waals surface area contributed by atoms with Crippen molar-refractivity contribution in [2.45, 2.75) is 26.7 Å². The fourth-order valence-corrected chi connectivity index (χ4v) is 3.22. The number of nitrogens with zero attached hydrogens (tertiary/aromatic N) is 2. The highest BCUT2D eigenvalue weighted by atomic mass is 35.5. The summed E-state index contributed by atoms with van der Waals surface area (Å²) in [6, 6.07) is 17.6. The number of aryl methyl sites for hydroxylation is 1. The molecule has 6 heteroatoms. The first-order valence-electron chi connectivity index (χ1n) is 9.41. The topological polar surface area (TPSA) is 59.0 Å². The molecule has 2 aromatic carbocycles. The number of nitrogens with one attached hydrogen (secondary N) is 2. The van der Waals surface area contributed by atoms with E-state index >= 15 is 0 Å². The molecule has 1 aromatic heterocycles. The van der Waals surface area contributed by atoms with Crippen LogP contribution in [0.4, 0.5) is 5.69 Å². The predicted octanol–water partition coefficient (Wildman–Crippen LogP) is 4.30. The normalized spacial score (nSPS) is 10.7. The smallest absolute Gasteiger partial charge is 0.224 e. The third kappa shape index (κ3) is 5.14. The van der Waals surface area contributed by atoms with Crippen molar-refractivity contribution in [1.29, 1.82) is 0 Å². The lowest BCUT2D eigenvalue weighted by molar-refractivity contribution is -0.120. The number of halogens is 1. The molecule has 5 nitrogen and oxygen atoms in total. The molecule has 1 amide bonds. The van der Waals surface area contributed by atoms with Crippen molar-refractivity contribution in [3.8, 4) is 5.69 Å². The van der Waals surface area contributed by atoms with Gasteiger partial charge >= 0.3 is 0 Å². The number of hydrogen-bond donors (Lipinski definition) is 2. The third-order valence-corrected chi connectivity index (χ3v) is 4.88. The molecule has 0 saturated heterocycles. The number of carbonyl (C=O) groups excluding carboxylic acids is 1. The predicted molar refractivity (Wildman–Crippen MR) is 114 cm³/mol. The zero-order valence-corrected chi connectivity index (χ0v) is 17.0. The van der Waals surface area contributed by atoms with E-state index in [0.717, 1.165) is 41.3 Å². The number of para-hydroxylation sites is 1. The Morgan fingerprint density at radius 1 is 1.04 bits per heavy atom. The number of hydrogen-bond acceptors (Lipinski definition) is 3. The van der Waals surface area contributed by atoms with Gasteiger partial charge in [-0.2, -0.15) is 5.10 Å². The lowest BCUT2D eigenvalue weighted by Crippen LogP contribution is -2.27. The van der Waals surface area contributed by atoms with Gasteiger partial charge in [0, 0.05) is 35.1 Å². The SMILES string of the molecule is Cc1nn(-c2ccc(Cl)cc2)c(C)c1CC(=O)NCCCNc1ccccc1. The van der Waals surface area contributed by atoms with Crippen molar-refractivity contribution < 1.29 is 4.79 Å². The summed E-state index contributed by atoms with van der Waals surface area (Å²) >= 11 is 5.96. The minimum atomic E-state index is 0.0153. The van der Waals surface area contributed by atoms with Gasteiger partial charge in [-0.3, -0.25) is 4.79 Å². The molecule has 3 aromatic rings. The Balaban J connectivity index is 1.50. The molecule has 0 aliphatic heterocycles. The Hall–Kier alpha value is -2.79. The average Bonchev–Trinajstić information content (AvgIpc) is 2.97. The maximum absolute atomic E-state index is 12.4. The van der Waals surface area contributed by atoms with E-state index in [1.54, 1.807) is 0 Å². The monoisotopic (exact) mass is 396 g/mol. The van der Waals surface area contributed by atoms with Crippen molar-refractivity contribution in [3.05, 3.63) is 76.6 Å². The van der Waals surface area contributed by atoms with Crippen LogP contribution in [0.25, 0.3) is 5.69 Å². The maximum Gasteiger partial charge on any atom is 0.224 e. The summed E-state index contributed by atoms with van der Waals surface area (Å²) in [6.07, 6.45) is 1.19. The molecule has 0 spiro atoms. The van der Waals surface area contributed by atoms with Crippen LogP contribution in [0.2, 0.25) is 5.02 Å². The summed E-state index contributed by atoms with van der Waals surface area (Å²) in [4.78, 5) is 12.4. The zero-order valence-electron chi connectivity index (χ0n) is 16.2. The van der Waals surface area contributed by atoms with Crippen molar-refractivity contribution in [2.24, 2.45) is 0 Å². The fraction of sp³-hybridized carbons (Fsp3) is 0.273. The summed E-state index contributed by atoms with van der Waals surface area (Å²) in [6.45, 7) is 5.38. The summed E-state index contributed by atoms with van der Waals surface area (Å²) < 4.78 is 1.86. The van der Waals surface area contributed by atoms with Gasteiger partial charge in [0.2, 0.25) is 5.91 Å². The summed E-state index contributed by atoms with van der Waals surface area (Å²) in [5.41, 5.74) is 4.84. The van der Waals surface area contributed by atoms with E-state index < -0.39 is 0 Å². The fourth-order valence-electron chi connectivity index (χ4n) is 3.09. The first kappa shape index (κ1) is 20.0. The molecular weight excluding hydrogens is 372 g/mol. The minimum absolute atomic E-state index is 0.0153. The highest BCUT2D eigenvalue weighted by Crippen LogP contribution is 2.20. The van der Waals surface area contributed by atoms with Gasteiger partial charge in [-0.05, 0) is 56.7 Å². The molecule has 2 N–H and O–H groups in total. The number of amides is 1. The van der Waals surface area contributed by atoms with Crippen LogP contribution in [0.5, 0.6) is 0 Å². The molecule has 3 rings (SSSR count). The number of aromatic nitrogens is 2. The van der Waals surface area contributed by atoms with Crippen LogP contribution < -0.4 is 10.6 Å². The minimum Gasteiger partial charge on any atom is -0.385 e. The van der Waals surface area contributed by atoms with E-state index in [2.05, 4.69) is 15.7 Å². The van der Waals surface area contributed by atoms with Crippen LogP contribution in [0.1, 0.15) is 23.4 Å². The Morgan fingerprint density at radius 3 is 2.46 bits per heavy atom. The highest BCUT2D eigenvalue weighted by Gasteiger charge is 2.15. The Bertz CT molecular complexity index is 920. The molecule has 146 valence electrons. The van der Waals surface area contributed by atoms with Crippen molar-refractivity contribution >= 4 is 23.2 Å². The first-order valence-corrected chi connectivity index (χ1v) is 9.79. The number of carbonyl (C=O) groups is 1. The number of rotatable bonds is 8. The van der Waals surface area contributed by atoms with Crippen LogP contribution >= 0.6 is 11.6 Å². The Kier molecular flexibility index (Phi) is 6.71. The maximum atomic E-state index is 12.4.